The van der Waals surface area contributed by atoms with Crippen LogP contribution in [0.5, 0.6) is 0 Å². The molecule has 2 aromatic heterocycles. The van der Waals surface area contributed by atoms with Gasteiger partial charge in [0.1, 0.15) is 22.9 Å². The molecule has 0 aliphatic heterocycles. The van der Waals surface area contributed by atoms with Crippen LogP contribution in [-0.4, -0.2) is 44.2 Å². The maximum absolute atomic E-state index is 13.5. The number of amides is 1. The maximum Gasteiger partial charge on any atom is 0.256 e. The van der Waals surface area contributed by atoms with Crippen molar-refractivity contribution in [1.29, 1.82) is 0 Å². The van der Waals surface area contributed by atoms with E-state index in [1.54, 1.807) is 6.92 Å². The first kappa shape index (κ1) is 21.7. The largest absolute Gasteiger partial charge is 0.619 e. The zero-order valence-electron chi connectivity index (χ0n) is 15.4. The smallest absolute Gasteiger partial charge is 0.256 e. The van der Waals surface area contributed by atoms with Gasteiger partial charge in [0.05, 0.1) is 18.5 Å². The third kappa shape index (κ3) is 5.14. The molecule has 2 unspecified atom stereocenters. The van der Waals surface area contributed by atoms with Gasteiger partial charge in [-0.05, 0) is 6.92 Å². The molecule has 0 aromatic carbocycles. The summed E-state index contributed by atoms with van der Waals surface area (Å²) in [4.78, 5) is 13.9. The fourth-order valence-corrected chi connectivity index (χ4v) is 4.47. The number of carbonyl (C=O) groups is 1. The molecule has 2 atom stereocenters. The molecule has 2 aromatic rings. The minimum atomic E-state index is -2.74. The zero-order valence-corrected chi connectivity index (χ0v) is 16.9. The number of hydrogen-bond donors (Lipinski definition) is 0. The van der Waals surface area contributed by atoms with Gasteiger partial charge in [0, 0.05) is 19.0 Å². The number of nitrogens with zero attached hydrogens (tertiary/aromatic N) is 4. The van der Waals surface area contributed by atoms with Gasteiger partial charge in [0.25, 0.3) is 5.92 Å². The summed E-state index contributed by atoms with van der Waals surface area (Å²) < 4.78 is 52.7. The Kier molecular flexibility index (Phi) is 6.30. The monoisotopic (exact) mass is 450 g/mol. The van der Waals surface area contributed by atoms with Crippen LogP contribution >= 0.6 is 11.6 Å². The maximum atomic E-state index is 13.5. The summed E-state index contributed by atoms with van der Waals surface area (Å²) in [6.45, 7) is 1.92. The predicted molar refractivity (Wildman–Crippen MR) is 101 cm³/mol. The number of rotatable bonds is 8. The van der Waals surface area contributed by atoms with Gasteiger partial charge in [-0.2, -0.15) is 9.83 Å². The average Bonchev–Trinajstić information content (AvgIpc) is 3.04. The highest BCUT2D eigenvalue weighted by Crippen LogP contribution is 2.49. The number of anilines is 1. The van der Waals surface area contributed by atoms with Crippen molar-refractivity contribution in [2.75, 3.05) is 23.0 Å². The average molecular weight is 451 g/mol. The molecule has 2 heterocycles. The highest BCUT2D eigenvalue weighted by Gasteiger charge is 2.58. The highest BCUT2D eigenvalue weighted by molar-refractivity contribution is 7.91. The molecule has 0 radical (unpaired) electrons. The van der Waals surface area contributed by atoms with Gasteiger partial charge in [-0.1, -0.05) is 22.8 Å². The van der Waals surface area contributed by atoms with Crippen LogP contribution in [0.25, 0.3) is 5.69 Å². The lowest BCUT2D eigenvalue weighted by Crippen LogP contribution is -2.32. The van der Waals surface area contributed by atoms with Gasteiger partial charge in [-0.3, -0.25) is 4.79 Å². The molecule has 1 aliphatic rings. The molecule has 1 amide bonds. The Hall–Kier alpha value is -1.98. The Balaban J connectivity index is 1.67. The fourth-order valence-electron chi connectivity index (χ4n) is 2.86. The predicted octanol–water partition coefficient (Wildman–Crippen LogP) is 2.45. The van der Waals surface area contributed by atoms with E-state index in [4.69, 9.17) is 11.6 Å². The molecular weight excluding hydrogens is 433 g/mol. The van der Waals surface area contributed by atoms with Crippen molar-refractivity contribution in [2.45, 2.75) is 25.7 Å². The van der Waals surface area contributed by atoms with Crippen LogP contribution in [-0.2, 0) is 16.0 Å². The molecule has 7 nitrogen and oxygen atoms in total. The van der Waals surface area contributed by atoms with E-state index in [0.29, 0.717) is 0 Å². The van der Waals surface area contributed by atoms with Crippen molar-refractivity contribution < 1.29 is 27.2 Å². The Bertz CT molecular complexity index is 894. The Morgan fingerprint density at radius 2 is 2.21 bits per heavy atom. The van der Waals surface area contributed by atoms with Gasteiger partial charge in [-0.25, -0.2) is 17.9 Å². The standard InChI is InChI=1S/C17H18ClF3N4O3S/c1-2-24(15(26)3-4-29(28)10-11-6-17(11,20)21)14-9-25(22-16(14)18)13-5-12(19)7-23(27)8-13/h5,7-9,11H,2-4,6,10H2,1H3. The molecule has 158 valence electrons. The summed E-state index contributed by atoms with van der Waals surface area (Å²) in [5.74, 6) is -4.94. The van der Waals surface area contributed by atoms with Crippen molar-refractivity contribution in [2.24, 2.45) is 5.92 Å². The van der Waals surface area contributed by atoms with E-state index in [9.17, 15) is 27.7 Å². The van der Waals surface area contributed by atoms with Crippen LogP contribution in [0.15, 0.2) is 24.7 Å². The minimum absolute atomic E-state index is 0.0340. The molecule has 0 N–H and O–H groups in total. The van der Waals surface area contributed by atoms with Gasteiger partial charge in [-0.15, -0.1) is 0 Å². The normalized spacial score (nSPS) is 18.5. The minimum Gasteiger partial charge on any atom is -0.619 e. The molecule has 0 spiro atoms. The lowest BCUT2D eigenvalue weighted by atomic mass is 10.3. The quantitative estimate of drug-likeness (QED) is 0.351. The second kappa shape index (κ2) is 8.41. The van der Waals surface area contributed by atoms with E-state index in [1.807, 2.05) is 0 Å². The topological polar surface area (TPSA) is 88.1 Å². The van der Waals surface area contributed by atoms with E-state index in [2.05, 4.69) is 5.10 Å². The number of pyridine rings is 1. The molecule has 1 aliphatic carbocycles. The summed E-state index contributed by atoms with van der Waals surface area (Å²) in [5, 5.41) is 15.4. The zero-order chi connectivity index (χ0) is 21.3. The third-order valence-corrected chi connectivity index (χ3v) is 6.21. The Morgan fingerprint density at radius 1 is 1.52 bits per heavy atom. The van der Waals surface area contributed by atoms with Crippen LogP contribution in [0.4, 0.5) is 18.9 Å². The van der Waals surface area contributed by atoms with Gasteiger partial charge in [0.2, 0.25) is 18.3 Å². The van der Waals surface area contributed by atoms with Crippen molar-refractivity contribution in [3.63, 3.8) is 0 Å². The number of hydrogen-bond acceptors (Lipinski definition) is 4. The van der Waals surface area contributed by atoms with E-state index in [1.165, 1.54) is 15.8 Å². The first-order chi connectivity index (χ1) is 13.6. The summed E-state index contributed by atoms with van der Waals surface area (Å²) in [6.07, 6.45) is 2.84. The lowest BCUT2D eigenvalue weighted by molar-refractivity contribution is -0.606. The van der Waals surface area contributed by atoms with E-state index in [0.717, 1.165) is 18.5 Å². The van der Waals surface area contributed by atoms with E-state index < -0.39 is 34.7 Å². The lowest BCUT2D eigenvalue weighted by Gasteiger charge is -2.20. The number of alkyl halides is 2. The first-order valence-electron chi connectivity index (χ1n) is 8.78. The highest BCUT2D eigenvalue weighted by atomic mass is 35.5. The van der Waals surface area contributed by atoms with Crippen LogP contribution in [0.2, 0.25) is 5.15 Å². The molecule has 1 fully saturated rings. The van der Waals surface area contributed by atoms with E-state index in [-0.39, 0.29) is 52.2 Å². The molecular formula is C17H18ClF3N4O3S. The molecule has 3 rings (SSSR count). The first-order valence-corrected chi connectivity index (χ1v) is 10.7. The van der Waals surface area contributed by atoms with Gasteiger partial charge in [0.15, 0.2) is 11.0 Å². The molecule has 1 saturated carbocycles. The molecule has 29 heavy (non-hydrogen) atoms. The second-order valence-corrected chi connectivity index (χ2v) is 8.66. The fraction of sp³-hybridized carbons (Fsp3) is 0.471. The van der Waals surface area contributed by atoms with Crippen LogP contribution in [0.1, 0.15) is 19.8 Å². The van der Waals surface area contributed by atoms with Crippen molar-refractivity contribution >= 4 is 34.4 Å². The number of carbonyl (C=O) groups excluding carboxylic acids is 1. The summed E-state index contributed by atoms with van der Waals surface area (Å²) in [7, 11) is 0. The Labute approximate surface area is 172 Å². The molecule has 0 saturated heterocycles. The van der Waals surface area contributed by atoms with Crippen LogP contribution in [0, 0.1) is 16.9 Å². The number of halogens is 4. The molecule has 12 heteroatoms. The summed E-state index contributed by atoms with van der Waals surface area (Å²) in [5.41, 5.74) is 0.350. The summed E-state index contributed by atoms with van der Waals surface area (Å²) in [6, 6.07) is 1.08. The van der Waals surface area contributed by atoms with E-state index >= 15 is 0 Å². The van der Waals surface area contributed by atoms with Gasteiger partial charge >= 0.3 is 0 Å². The number of aromatic nitrogens is 3. The van der Waals surface area contributed by atoms with Gasteiger partial charge < -0.3 is 14.7 Å². The SMILES string of the molecule is CCN(C(=O)CC[S+]([O-])CC1CC1(F)F)c1cn(-c2cc(F)c[n+]([O-])c2)nc1Cl. The van der Waals surface area contributed by atoms with Crippen molar-refractivity contribution in [3.8, 4) is 5.69 Å². The summed E-state index contributed by atoms with van der Waals surface area (Å²) >= 11 is 4.59. The van der Waals surface area contributed by atoms with Crippen molar-refractivity contribution in [1.82, 2.24) is 9.78 Å². The van der Waals surface area contributed by atoms with Crippen LogP contribution < -0.4 is 9.63 Å². The van der Waals surface area contributed by atoms with Crippen LogP contribution in [0.3, 0.4) is 0 Å². The third-order valence-electron chi connectivity index (χ3n) is 4.51. The molecule has 0 bridgehead atoms. The van der Waals surface area contributed by atoms with Crippen molar-refractivity contribution in [3.05, 3.63) is 40.8 Å². The second-order valence-electron chi connectivity index (χ2n) is 6.68. The Morgan fingerprint density at radius 3 is 2.79 bits per heavy atom.